The third-order valence-electron chi connectivity index (χ3n) is 5.31. The lowest BCUT2D eigenvalue weighted by atomic mass is 9.86. The van der Waals surface area contributed by atoms with Crippen LogP contribution in [-0.2, 0) is 11.2 Å². The van der Waals surface area contributed by atoms with Crippen LogP contribution in [0.2, 0.25) is 0 Å². The molecule has 5 heterocycles. The van der Waals surface area contributed by atoms with Gasteiger partial charge in [-0.1, -0.05) is 6.07 Å². The number of piperazine rings is 1. The topological polar surface area (TPSA) is 66.6 Å². The summed E-state index contributed by atoms with van der Waals surface area (Å²) in [4.78, 5) is 16.6. The van der Waals surface area contributed by atoms with Gasteiger partial charge in [0.1, 0.15) is 23.8 Å². The summed E-state index contributed by atoms with van der Waals surface area (Å²) in [6, 6.07) is 7.25. The van der Waals surface area contributed by atoms with Gasteiger partial charge >= 0.3 is 0 Å². The van der Waals surface area contributed by atoms with Crippen molar-refractivity contribution in [1.29, 1.82) is 0 Å². The van der Waals surface area contributed by atoms with Crippen LogP contribution in [0.4, 0.5) is 14.6 Å². The van der Waals surface area contributed by atoms with Crippen molar-refractivity contribution in [2.24, 2.45) is 0 Å². The Kier molecular flexibility index (Phi) is 3.56. The van der Waals surface area contributed by atoms with Crippen LogP contribution in [0.3, 0.4) is 0 Å². The van der Waals surface area contributed by atoms with Crippen molar-refractivity contribution in [2.75, 3.05) is 18.0 Å². The van der Waals surface area contributed by atoms with Crippen LogP contribution in [0.1, 0.15) is 12.0 Å². The van der Waals surface area contributed by atoms with E-state index in [9.17, 15) is 13.6 Å². The zero-order valence-corrected chi connectivity index (χ0v) is 14.3. The van der Waals surface area contributed by atoms with E-state index in [0.717, 1.165) is 18.3 Å². The summed E-state index contributed by atoms with van der Waals surface area (Å²) in [5.74, 6) is -0.628. The Balaban J connectivity index is 1.29. The fourth-order valence-corrected chi connectivity index (χ4v) is 4.01. The number of hydrogen-bond acceptors (Lipinski definition) is 5. The lowest BCUT2D eigenvalue weighted by Crippen LogP contribution is -2.70. The molecule has 2 bridgehead atoms. The molecule has 9 heteroatoms. The van der Waals surface area contributed by atoms with Crippen molar-refractivity contribution in [2.45, 2.75) is 24.9 Å². The van der Waals surface area contributed by atoms with Gasteiger partial charge in [-0.3, -0.25) is 4.79 Å². The number of rotatable bonds is 3. The Morgan fingerprint density at radius 2 is 1.96 bits per heavy atom. The number of fused-ring (bicyclic) bond motifs is 3. The van der Waals surface area contributed by atoms with Crippen molar-refractivity contribution in [3.8, 4) is 0 Å². The molecule has 2 aromatic heterocycles. The number of halogens is 2. The summed E-state index contributed by atoms with van der Waals surface area (Å²) in [7, 11) is 0. The number of hydrogen-bond donors (Lipinski definition) is 0. The van der Waals surface area contributed by atoms with Crippen LogP contribution in [0.15, 0.2) is 36.7 Å². The molecule has 27 heavy (non-hydrogen) atoms. The van der Waals surface area contributed by atoms with E-state index in [-0.39, 0.29) is 30.0 Å². The standard InChI is InChI=1S/C18H16F2N6O/c19-12-2-1-11(15(20)6-12)5-18(27)26-13-7-14(26)9-24(8-13)17-4-3-16-22-21-10-25(16)23-17/h1-4,6,10,13-14H,5,7-9H2. The summed E-state index contributed by atoms with van der Waals surface area (Å²) >= 11 is 0. The highest BCUT2D eigenvalue weighted by Crippen LogP contribution is 2.34. The predicted molar refractivity (Wildman–Crippen MR) is 92.1 cm³/mol. The maximum absolute atomic E-state index is 13.8. The van der Waals surface area contributed by atoms with Gasteiger partial charge in [-0.2, -0.15) is 4.52 Å². The quantitative estimate of drug-likeness (QED) is 0.698. The first kappa shape index (κ1) is 16.1. The molecule has 2 atom stereocenters. The van der Waals surface area contributed by atoms with Crippen molar-refractivity contribution in [3.05, 3.63) is 53.9 Å². The van der Waals surface area contributed by atoms with Gasteiger partial charge in [0.25, 0.3) is 0 Å². The van der Waals surface area contributed by atoms with Crippen molar-refractivity contribution in [3.63, 3.8) is 0 Å². The molecule has 138 valence electrons. The average molecular weight is 370 g/mol. The van der Waals surface area contributed by atoms with Gasteiger partial charge in [-0.05, 0) is 30.2 Å². The van der Waals surface area contributed by atoms with Crippen LogP contribution >= 0.6 is 0 Å². The molecule has 2 unspecified atom stereocenters. The highest BCUT2D eigenvalue weighted by Gasteiger charge is 2.47. The number of amides is 1. The normalized spacial score (nSPS) is 21.4. The highest BCUT2D eigenvalue weighted by atomic mass is 19.1. The summed E-state index contributed by atoms with van der Waals surface area (Å²) in [5.41, 5.74) is 0.905. The van der Waals surface area contributed by atoms with Crippen LogP contribution in [-0.4, -0.2) is 55.8 Å². The lowest BCUT2D eigenvalue weighted by Gasteiger charge is -2.56. The van der Waals surface area contributed by atoms with E-state index in [1.807, 2.05) is 17.0 Å². The Labute approximate surface area is 153 Å². The zero-order valence-electron chi connectivity index (χ0n) is 14.3. The van der Waals surface area contributed by atoms with Gasteiger partial charge < -0.3 is 9.80 Å². The smallest absolute Gasteiger partial charge is 0.227 e. The molecule has 3 aliphatic heterocycles. The monoisotopic (exact) mass is 370 g/mol. The molecular formula is C18H16F2N6O. The first-order valence-electron chi connectivity index (χ1n) is 8.75. The zero-order chi connectivity index (χ0) is 18.5. The summed E-state index contributed by atoms with van der Waals surface area (Å²) < 4.78 is 28.5. The van der Waals surface area contributed by atoms with E-state index < -0.39 is 11.6 Å². The molecule has 0 spiro atoms. The number of nitrogens with zero attached hydrogens (tertiary/aromatic N) is 6. The Morgan fingerprint density at radius 3 is 2.74 bits per heavy atom. The molecule has 3 aromatic rings. The number of anilines is 1. The number of carbonyl (C=O) groups excluding carboxylic acids is 1. The summed E-state index contributed by atoms with van der Waals surface area (Å²) in [6.45, 7) is 1.35. The lowest BCUT2D eigenvalue weighted by molar-refractivity contribution is -0.145. The summed E-state index contributed by atoms with van der Waals surface area (Å²) in [6.07, 6.45) is 2.43. The number of piperidine rings is 1. The van der Waals surface area contributed by atoms with Gasteiger partial charge in [0.05, 0.1) is 18.5 Å². The second-order valence-electron chi connectivity index (χ2n) is 6.99. The van der Waals surface area contributed by atoms with Crippen molar-refractivity contribution in [1.82, 2.24) is 24.7 Å². The maximum Gasteiger partial charge on any atom is 0.227 e. The maximum atomic E-state index is 13.8. The van der Waals surface area contributed by atoms with E-state index in [4.69, 9.17) is 0 Å². The van der Waals surface area contributed by atoms with Crippen LogP contribution in [0.25, 0.3) is 5.65 Å². The van der Waals surface area contributed by atoms with Gasteiger partial charge in [0.2, 0.25) is 5.91 Å². The number of carbonyl (C=O) groups is 1. The molecule has 0 N–H and O–H groups in total. The molecule has 1 amide bonds. The second-order valence-corrected chi connectivity index (χ2v) is 6.99. The molecule has 0 aliphatic carbocycles. The van der Waals surface area contributed by atoms with Gasteiger partial charge in [0.15, 0.2) is 5.65 Å². The molecule has 3 aliphatic rings. The minimum absolute atomic E-state index is 0.0516. The van der Waals surface area contributed by atoms with Gasteiger partial charge in [0, 0.05) is 19.2 Å². The van der Waals surface area contributed by atoms with Crippen molar-refractivity contribution < 1.29 is 13.6 Å². The first-order chi connectivity index (χ1) is 13.1. The second kappa shape index (κ2) is 5.97. The third-order valence-corrected chi connectivity index (χ3v) is 5.31. The molecular weight excluding hydrogens is 354 g/mol. The van der Waals surface area contributed by atoms with Gasteiger partial charge in [-0.25, -0.2) is 8.78 Å². The van der Waals surface area contributed by atoms with Crippen LogP contribution in [0.5, 0.6) is 0 Å². The summed E-state index contributed by atoms with van der Waals surface area (Å²) in [5, 5.41) is 12.3. The minimum Gasteiger partial charge on any atom is -0.351 e. The Hall–Kier alpha value is -3.10. The van der Waals surface area contributed by atoms with Gasteiger partial charge in [-0.15, -0.1) is 15.3 Å². The molecule has 0 saturated carbocycles. The first-order valence-corrected chi connectivity index (χ1v) is 8.75. The number of aromatic nitrogens is 4. The van der Waals surface area contributed by atoms with Crippen LogP contribution in [0, 0.1) is 11.6 Å². The van der Waals surface area contributed by atoms with Crippen molar-refractivity contribution >= 4 is 17.4 Å². The molecule has 7 nitrogen and oxygen atoms in total. The molecule has 1 aromatic carbocycles. The fourth-order valence-electron chi connectivity index (χ4n) is 4.01. The van der Waals surface area contributed by atoms with E-state index in [2.05, 4.69) is 20.2 Å². The minimum atomic E-state index is -0.679. The molecule has 3 fully saturated rings. The van der Waals surface area contributed by atoms with E-state index >= 15 is 0 Å². The largest absolute Gasteiger partial charge is 0.351 e. The van der Waals surface area contributed by atoms with E-state index in [1.165, 1.54) is 12.1 Å². The predicted octanol–water partition coefficient (Wildman–Crippen LogP) is 1.43. The van der Waals surface area contributed by atoms with E-state index in [1.54, 1.807) is 10.8 Å². The molecule has 6 rings (SSSR count). The highest BCUT2D eigenvalue weighted by molar-refractivity contribution is 5.81. The van der Waals surface area contributed by atoms with E-state index in [0.29, 0.717) is 18.7 Å². The Bertz CT molecular complexity index is 1030. The SMILES string of the molecule is O=C(Cc1ccc(F)cc1F)N1C2CC1CN(c1ccc3nncn3n1)C2. The average Bonchev–Trinajstić information content (AvgIpc) is 3.12. The Morgan fingerprint density at radius 1 is 1.15 bits per heavy atom. The van der Waals surface area contributed by atoms with Crippen LogP contribution < -0.4 is 4.90 Å². The fraction of sp³-hybridized carbons (Fsp3) is 0.333. The molecule has 0 radical (unpaired) electrons. The third kappa shape index (κ3) is 2.70. The number of benzene rings is 1. The molecule has 3 saturated heterocycles.